The molecule has 1 aromatic rings. The van der Waals surface area contributed by atoms with E-state index in [9.17, 15) is 5.11 Å². The van der Waals surface area contributed by atoms with Crippen LogP contribution in [0.1, 0.15) is 24.8 Å². The van der Waals surface area contributed by atoms with Crippen LogP contribution in [0.15, 0.2) is 28.7 Å². The Morgan fingerprint density at radius 1 is 1.47 bits per heavy atom. The van der Waals surface area contributed by atoms with Crippen molar-refractivity contribution in [2.45, 2.75) is 19.3 Å². The Morgan fingerprint density at radius 2 is 2.27 bits per heavy atom. The summed E-state index contributed by atoms with van der Waals surface area (Å²) in [6.07, 6.45) is 1.05. The van der Waals surface area contributed by atoms with Gasteiger partial charge in [0.25, 0.3) is 0 Å². The molecule has 0 aliphatic carbocycles. The van der Waals surface area contributed by atoms with Crippen LogP contribution in [-0.4, -0.2) is 23.2 Å². The zero-order valence-corrected chi connectivity index (χ0v) is 11.4. The Bertz CT molecular complexity index is 291. The molecule has 0 spiro atoms. The molecule has 0 fully saturated rings. The fourth-order valence-corrected chi connectivity index (χ4v) is 2.65. The molecule has 0 aliphatic heterocycles. The minimum atomic E-state index is 0.237. The Balaban J connectivity index is 2.57. The molecule has 1 rings (SSSR count). The lowest BCUT2D eigenvalue weighted by atomic mass is 9.98. The number of halogens is 1. The molecule has 0 bridgehead atoms. The van der Waals surface area contributed by atoms with Crippen LogP contribution in [0, 0.1) is 0 Å². The summed E-state index contributed by atoms with van der Waals surface area (Å²) in [6, 6.07) is 8.22. The number of aliphatic hydroxyl groups is 1. The fraction of sp³-hybridized carbons (Fsp3) is 0.500. The quantitative estimate of drug-likeness (QED) is 0.806. The van der Waals surface area contributed by atoms with Crippen molar-refractivity contribution in [3.63, 3.8) is 0 Å². The van der Waals surface area contributed by atoms with Gasteiger partial charge in [-0.05, 0) is 35.6 Å². The number of hydrogen-bond donors (Lipinski definition) is 1. The first-order valence-electron chi connectivity index (χ1n) is 5.22. The molecule has 1 N–H and O–H groups in total. The van der Waals surface area contributed by atoms with E-state index in [1.165, 1.54) is 5.56 Å². The molecule has 0 amide bonds. The normalized spacial score (nSPS) is 12.7. The third-order valence-electron chi connectivity index (χ3n) is 2.36. The highest BCUT2D eigenvalue weighted by Gasteiger charge is 2.09. The van der Waals surface area contributed by atoms with E-state index >= 15 is 0 Å². The number of aliphatic hydroxyl groups excluding tert-OH is 1. The Morgan fingerprint density at radius 3 is 2.87 bits per heavy atom. The first-order chi connectivity index (χ1) is 7.27. The molecule has 0 heterocycles. The molecule has 0 aliphatic rings. The topological polar surface area (TPSA) is 20.2 Å². The van der Waals surface area contributed by atoms with Gasteiger partial charge >= 0.3 is 0 Å². The molecule has 84 valence electrons. The van der Waals surface area contributed by atoms with Crippen molar-refractivity contribution >= 4 is 27.7 Å². The molecule has 0 aromatic heterocycles. The van der Waals surface area contributed by atoms with Gasteiger partial charge in [-0.1, -0.05) is 35.0 Å². The van der Waals surface area contributed by atoms with Crippen LogP contribution < -0.4 is 0 Å². The molecular formula is C12H17BrOS. The van der Waals surface area contributed by atoms with Gasteiger partial charge in [-0.3, -0.25) is 0 Å². The molecular weight excluding hydrogens is 272 g/mol. The van der Waals surface area contributed by atoms with Crippen LogP contribution in [0.3, 0.4) is 0 Å². The first-order valence-corrected chi connectivity index (χ1v) is 7.16. The van der Waals surface area contributed by atoms with Crippen LogP contribution in [-0.2, 0) is 0 Å². The molecule has 1 atom stereocenters. The van der Waals surface area contributed by atoms with Crippen molar-refractivity contribution in [3.8, 4) is 0 Å². The predicted octanol–water partition coefficient (Wildman–Crippen LogP) is 3.67. The maximum Gasteiger partial charge on any atom is 0.0500 e. The third-order valence-corrected chi connectivity index (χ3v) is 3.78. The van der Waals surface area contributed by atoms with E-state index < -0.39 is 0 Å². The molecule has 0 saturated heterocycles. The van der Waals surface area contributed by atoms with Crippen molar-refractivity contribution in [1.29, 1.82) is 0 Å². The smallest absolute Gasteiger partial charge is 0.0500 e. The molecule has 1 aromatic carbocycles. The summed E-state index contributed by atoms with van der Waals surface area (Å²) in [5, 5.41) is 9.35. The Hall–Kier alpha value is 0.01000. The van der Waals surface area contributed by atoms with E-state index in [0.29, 0.717) is 0 Å². The maximum absolute atomic E-state index is 9.35. The average Bonchev–Trinajstić information content (AvgIpc) is 2.24. The van der Waals surface area contributed by atoms with Crippen molar-refractivity contribution in [3.05, 3.63) is 34.3 Å². The lowest BCUT2D eigenvalue weighted by Gasteiger charge is -2.14. The van der Waals surface area contributed by atoms with Crippen LogP contribution in [0.4, 0.5) is 0 Å². The van der Waals surface area contributed by atoms with Crippen molar-refractivity contribution in [2.24, 2.45) is 0 Å². The second kappa shape index (κ2) is 7.31. The van der Waals surface area contributed by atoms with Crippen LogP contribution in [0.5, 0.6) is 0 Å². The van der Waals surface area contributed by atoms with E-state index in [2.05, 4.69) is 35.0 Å². The van der Waals surface area contributed by atoms with Gasteiger partial charge in [0, 0.05) is 17.0 Å². The van der Waals surface area contributed by atoms with E-state index in [1.807, 2.05) is 23.9 Å². The Kier molecular flexibility index (Phi) is 6.37. The third kappa shape index (κ3) is 4.58. The summed E-state index contributed by atoms with van der Waals surface area (Å²) in [7, 11) is 0. The van der Waals surface area contributed by atoms with Crippen molar-refractivity contribution < 1.29 is 5.11 Å². The highest BCUT2D eigenvalue weighted by atomic mass is 79.9. The summed E-state index contributed by atoms with van der Waals surface area (Å²) in [4.78, 5) is 0. The van der Waals surface area contributed by atoms with Gasteiger partial charge in [0.2, 0.25) is 0 Å². The summed E-state index contributed by atoms with van der Waals surface area (Å²) < 4.78 is 1.08. The Labute approximate surface area is 104 Å². The van der Waals surface area contributed by atoms with Crippen LogP contribution in [0.2, 0.25) is 0 Å². The van der Waals surface area contributed by atoms with Gasteiger partial charge in [-0.25, -0.2) is 0 Å². The van der Waals surface area contributed by atoms with E-state index in [1.54, 1.807) is 0 Å². The summed E-state index contributed by atoms with van der Waals surface area (Å²) >= 11 is 5.38. The number of thioether (sulfide) groups is 1. The standard InChI is InChI=1S/C12H17BrOS/c1-2-15-7-6-11(9-14)10-4-3-5-12(13)8-10/h3-5,8,11,14H,2,6-7,9H2,1H3. The zero-order valence-electron chi connectivity index (χ0n) is 8.95. The fourth-order valence-electron chi connectivity index (χ4n) is 1.49. The van der Waals surface area contributed by atoms with Gasteiger partial charge in [-0.2, -0.15) is 11.8 Å². The van der Waals surface area contributed by atoms with E-state index in [-0.39, 0.29) is 12.5 Å². The lowest BCUT2D eigenvalue weighted by Crippen LogP contribution is -2.05. The van der Waals surface area contributed by atoms with Gasteiger partial charge < -0.3 is 5.11 Å². The second-order valence-corrected chi connectivity index (χ2v) is 5.73. The summed E-state index contributed by atoms with van der Waals surface area (Å²) in [5.41, 5.74) is 1.23. The molecule has 0 saturated carbocycles. The van der Waals surface area contributed by atoms with Gasteiger partial charge in [-0.15, -0.1) is 0 Å². The van der Waals surface area contributed by atoms with Gasteiger partial charge in [0.15, 0.2) is 0 Å². The van der Waals surface area contributed by atoms with Crippen LogP contribution >= 0.6 is 27.7 Å². The lowest BCUT2D eigenvalue weighted by molar-refractivity contribution is 0.263. The monoisotopic (exact) mass is 288 g/mol. The number of benzene rings is 1. The van der Waals surface area contributed by atoms with E-state index in [4.69, 9.17) is 0 Å². The SMILES string of the molecule is CCSCCC(CO)c1cccc(Br)c1. The number of rotatable bonds is 6. The minimum absolute atomic E-state index is 0.237. The minimum Gasteiger partial charge on any atom is -0.396 e. The van der Waals surface area contributed by atoms with Crippen molar-refractivity contribution in [2.75, 3.05) is 18.1 Å². The summed E-state index contributed by atoms with van der Waals surface area (Å²) in [6.45, 7) is 2.40. The second-order valence-electron chi connectivity index (χ2n) is 3.42. The van der Waals surface area contributed by atoms with E-state index in [0.717, 1.165) is 22.4 Å². The maximum atomic E-state index is 9.35. The summed E-state index contributed by atoms with van der Waals surface area (Å²) in [5.74, 6) is 2.55. The first kappa shape index (κ1) is 13.1. The zero-order chi connectivity index (χ0) is 11.1. The van der Waals surface area contributed by atoms with Gasteiger partial charge in [0.05, 0.1) is 0 Å². The number of hydrogen-bond acceptors (Lipinski definition) is 2. The molecule has 0 radical (unpaired) electrons. The van der Waals surface area contributed by atoms with Crippen molar-refractivity contribution in [1.82, 2.24) is 0 Å². The van der Waals surface area contributed by atoms with Gasteiger partial charge in [0.1, 0.15) is 0 Å². The predicted molar refractivity (Wildman–Crippen MR) is 71.6 cm³/mol. The molecule has 15 heavy (non-hydrogen) atoms. The highest BCUT2D eigenvalue weighted by molar-refractivity contribution is 9.10. The van der Waals surface area contributed by atoms with Crippen LogP contribution in [0.25, 0.3) is 0 Å². The average molecular weight is 289 g/mol. The molecule has 1 unspecified atom stereocenters. The molecule has 1 nitrogen and oxygen atoms in total. The largest absolute Gasteiger partial charge is 0.396 e. The molecule has 3 heteroatoms. The highest BCUT2D eigenvalue weighted by Crippen LogP contribution is 2.23.